The van der Waals surface area contributed by atoms with Crippen LogP contribution in [0, 0.1) is 5.92 Å². The number of carbonyl (C=O) groups is 2. The molecule has 2 aromatic rings. The number of carbonyl (C=O) groups excluding carboxylic acids is 1. The van der Waals surface area contributed by atoms with Gasteiger partial charge in [0.05, 0.1) is 13.2 Å². The maximum atomic E-state index is 12.4. The van der Waals surface area contributed by atoms with Gasteiger partial charge in [-0.3, -0.25) is 4.79 Å². The van der Waals surface area contributed by atoms with Crippen LogP contribution in [0.4, 0.5) is 0 Å². The van der Waals surface area contributed by atoms with Crippen LogP contribution in [0.15, 0.2) is 35.7 Å². The molecule has 0 spiro atoms. The van der Waals surface area contributed by atoms with Gasteiger partial charge in [0.2, 0.25) is 5.91 Å². The summed E-state index contributed by atoms with van der Waals surface area (Å²) in [6, 6.07) is 7.84. The predicted octanol–water partition coefficient (Wildman–Crippen LogP) is 6.48. The third-order valence-electron chi connectivity index (χ3n) is 5.02. The first-order chi connectivity index (χ1) is 15.3. The van der Waals surface area contributed by atoms with Crippen molar-refractivity contribution < 1.29 is 19.4 Å². The van der Waals surface area contributed by atoms with Crippen molar-refractivity contribution >= 4 is 29.3 Å². The summed E-state index contributed by atoms with van der Waals surface area (Å²) in [6.45, 7) is 7.52. The van der Waals surface area contributed by atoms with E-state index in [0.29, 0.717) is 25.5 Å². The number of ether oxygens (including phenoxy) is 1. The highest BCUT2D eigenvalue weighted by Gasteiger charge is 2.14. The van der Waals surface area contributed by atoms with Gasteiger partial charge in [0, 0.05) is 30.0 Å². The second-order valence-electron chi connectivity index (χ2n) is 8.49. The number of amides is 1. The molecule has 0 atom stereocenters. The van der Waals surface area contributed by atoms with Crippen molar-refractivity contribution in [2.24, 2.45) is 5.92 Å². The molecule has 0 fully saturated rings. The highest BCUT2D eigenvalue weighted by molar-refractivity contribution is 7.10. The molecule has 1 N–H and O–H groups in total. The quantitative estimate of drug-likeness (QED) is 0.276. The minimum Gasteiger partial charge on any atom is -0.493 e. The number of nitrogens with zero attached hydrogens (tertiary/aromatic N) is 1. The fraction of sp³-hybridized carbons (Fsp3) is 0.462. The highest BCUT2D eigenvalue weighted by Crippen LogP contribution is 2.35. The van der Waals surface area contributed by atoms with E-state index in [2.05, 4.69) is 32.2 Å². The smallest absolute Gasteiger partial charge is 0.328 e. The maximum absolute atomic E-state index is 12.4. The minimum absolute atomic E-state index is 0.187. The third-order valence-corrected chi connectivity index (χ3v) is 5.95. The molecule has 0 radical (unpaired) electrons. The van der Waals surface area contributed by atoms with E-state index in [0.717, 1.165) is 46.2 Å². The van der Waals surface area contributed by atoms with E-state index in [4.69, 9.17) is 9.84 Å². The molecule has 32 heavy (non-hydrogen) atoms. The van der Waals surface area contributed by atoms with Gasteiger partial charge in [-0.2, -0.15) is 0 Å². The Morgan fingerprint density at radius 1 is 1.19 bits per heavy atom. The summed E-state index contributed by atoms with van der Waals surface area (Å²) in [5, 5.41) is 11.0. The molecule has 0 saturated heterocycles. The van der Waals surface area contributed by atoms with E-state index in [9.17, 15) is 9.59 Å². The Bertz CT molecular complexity index is 916. The topological polar surface area (TPSA) is 66.8 Å². The first-order valence-corrected chi connectivity index (χ1v) is 12.2. The van der Waals surface area contributed by atoms with Gasteiger partial charge >= 0.3 is 5.97 Å². The monoisotopic (exact) mass is 457 g/mol. The second kappa shape index (κ2) is 13.1. The van der Waals surface area contributed by atoms with Gasteiger partial charge < -0.3 is 14.7 Å². The fourth-order valence-electron chi connectivity index (χ4n) is 3.25. The van der Waals surface area contributed by atoms with Crippen LogP contribution in [-0.2, 0) is 16.1 Å². The largest absolute Gasteiger partial charge is 0.493 e. The van der Waals surface area contributed by atoms with E-state index in [1.807, 2.05) is 25.2 Å². The number of hydrogen-bond donors (Lipinski definition) is 1. The minimum atomic E-state index is -0.981. The number of thiophene rings is 1. The van der Waals surface area contributed by atoms with E-state index in [1.165, 1.54) is 12.8 Å². The van der Waals surface area contributed by atoms with Crippen LogP contribution < -0.4 is 4.74 Å². The number of rotatable bonds is 13. The summed E-state index contributed by atoms with van der Waals surface area (Å²) in [6.07, 6.45) is 7.70. The third kappa shape index (κ3) is 8.50. The molecule has 0 aliphatic rings. The molecule has 0 saturated carbocycles. The number of unbranched alkanes of at least 4 members (excludes halogenated alkanes) is 3. The van der Waals surface area contributed by atoms with Crippen molar-refractivity contribution in [3.8, 4) is 16.9 Å². The van der Waals surface area contributed by atoms with Crippen molar-refractivity contribution in [3.05, 3.63) is 46.2 Å². The molecule has 2 rings (SSSR count). The van der Waals surface area contributed by atoms with Gasteiger partial charge in [-0.15, -0.1) is 11.3 Å². The zero-order chi connectivity index (χ0) is 23.5. The van der Waals surface area contributed by atoms with Gasteiger partial charge in [0.25, 0.3) is 0 Å². The summed E-state index contributed by atoms with van der Waals surface area (Å²) in [4.78, 5) is 26.2. The normalized spacial score (nSPS) is 11.3. The highest BCUT2D eigenvalue weighted by atomic mass is 32.1. The standard InChI is InChI=1S/C26H35NO4S/c1-5-6-7-8-9-25(28)27(4)16-22-15-21(18-32-22)23-12-10-20(11-13-26(29)30)14-24(23)31-17-19(2)3/h10-15,18-19H,5-9,16-17H2,1-4H3,(H,29,30). The van der Waals surface area contributed by atoms with Gasteiger partial charge in [0.15, 0.2) is 0 Å². The number of aliphatic carboxylic acids is 1. The first kappa shape index (κ1) is 25.7. The predicted molar refractivity (Wildman–Crippen MR) is 132 cm³/mol. The maximum Gasteiger partial charge on any atom is 0.328 e. The van der Waals surface area contributed by atoms with Crippen molar-refractivity contribution in [1.29, 1.82) is 0 Å². The summed E-state index contributed by atoms with van der Waals surface area (Å²) >= 11 is 1.63. The Morgan fingerprint density at radius 3 is 2.66 bits per heavy atom. The van der Waals surface area contributed by atoms with Gasteiger partial charge in [-0.05, 0) is 47.1 Å². The number of carboxylic acid groups (broad SMARTS) is 1. The summed E-state index contributed by atoms with van der Waals surface area (Å²) in [5.74, 6) is 0.309. The summed E-state index contributed by atoms with van der Waals surface area (Å²) in [5.41, 5.74) is 2.79. The average Bonchev–Trinajstić information content (AvgIpc) is 3.21. The Kier molecular flexibility index (Phi) is 10.5. The Hall–Kier alpha value is -2.60. The van der Waals surface area contributed by atoms with Crippen LogP contribution in [0.25, 0.3) is 17.2 Å². The van der Waals surface area contributed by atoms with Crippen LogP contribution in [0.2, 0.25) is 0 Å². The molecule has 5 nitrogen and oxygen atoms in total. The second-order valence-corrected chi connectivity index (χ2v) is 9.49. The van der Waals surface area contributed by atoms with Crippen molar-refractivity contribution in [2.75, 3.05) is 13.7 Å². The molecular formula is C26H35NO4S. The Labute approximate surface area is 195 Å². The molecule has 0 bridgehead atoms. The molecule has 1 heterocycles. The zero-order valence-corrected chi connectivity index (χ0v) is 20.4. The Morgan fingerprint density at radius 2 is 1.97 bits per heavy atom. The SMILES string of the molecule is CCCCCCC(=O)N(C)Cc1cc(-c2ccc(C=CC(=O)O)cc2OCC(C)C)cs1. The molecule has 1 aromatic heterocycles. The van der Waals surface area contributed by atoms with Gasteiger partial charge in [0.1, 0.15) is 5.75 Å². The first-order valence-electron chi connectivity index (χ1n) is 11.3. The van der Waals surface area contributed by atoms with E-state index < -0.39 is 5.97 Å². The lowest BCUT2D eigenvalue weighted by atomic mass is 10.0. The van der Waals surface area contributed by atoms with Crippen LogP contribution in [0.3, 0.4) is 0 Å². The number of hydrogen-bond acceptors (Lipinski definition) is 4. The summed E-state index contributed by atoms with van der Waals surface area (Å²) in [7, 11) is 1.86. The van der Waals surface area contributed by atoms with E-state index in [1.54, 1.807) is 22.3 Å². The molecule has 1 aromatic carbocycles. The van der Waals surface area contributed by atoms with E-state index >= 15 is 0 Å². The zero-order valence-electron chi connectivity index (χ0n) is 19.6. The number of benzene rings is 1. The molecule has 174 valence electrons. The molecule has 0 aliphatic heterocycles. The number of carboxylic acids is 1. The lowest BCUT2D eigenvalue weighted by Crippen LogP contribution is -2.25. The van der Waals surface area contributed by atoms with Gasteiger partial charge in [-0.25, -0.2) is 4.79 Å². The molecule has 6 heteroatoms. The van der Waals surface area contributed by atoms with Crippen LogP contribution >= 0.6 is 11.3 Å². The average molecular weight is 458 g/mol. The van der Waals surface area contributed by atoms with Crippen molar-refractivity contribution in [2.45, 2.75) is 59.4 Å². The Balaban J connectivity index is 2.13. The molecule has 0 unspecified atom stereocenters. The van der Waals surface area contributed by atoms with Crippen LogP contribution in [0.1, 0.15) is 63.3 Å². The lowest BCUT2D eigenvalue weighted by molar-refractivity contribution is -0.131. The molecule has 0 aliphatic carbocycles. The van der Waals surface area contributed by atoms with Gasteiger partial charge in [-0.1, -0.05) is 52.2 Å². The van der Waals surface area contributed by atoms with Crippen molar-refractivity contribution in [3.63, 3.8) is 0 Å². The van der Waals surface area contributed by atoms with Crippen LogP contribution in [-0.4, -0.2) is 35.5 Å². The molecule has 1 amide bonds. The van der Waals surface area contributed by atoms with Crippen LogP contribution in [0.5, 0.6) is 5.75 Å². The van der Waals surface area contributed by atoms with Crippen molar-refractivity contribution in [1.82, 2.24) is 4.90 Å². The lowest BCUT2D eigenvalue weighted by Gasteiger charge is -2.16. The fourth-order valence-corrected chi connectivity index (χ4v) is 4.18. The summed E-state index contributed by atoms with van der Waals surface area (Å²) < 4.78 is 6.05. The molecular weight excluding hydrogens is 422 g/mol. The van der Waals surface area contributed by atoms with E-state index in [-0.39, 0.29) is 5.91 Å².